The third-order valence-corrected chi connectivity index (χ3v) is 2.17. The van der Waals surface area contributed by atoms with E-state index in [9.17, 15) is 0 Å². The topological polar surface area (TPSA) is 35.2 Å². The molecule has 0 saturated heterocycles. The molecular weight excluding hydrogens is 162 g/mol. The monoisotopic (exact) mass is 179 g/mol. The van der Waals surface area contributed by atoms with Crippen LogP contribution in [0.25, 0.3) is 0 Å². The lowest BCUT2D eigenvalue weighted by Gasteiger charge is -2.15. The highest BCUT2D eigenvalue weighted by Gasteiger charge is 2.10. The van der Waals surface area contributed by atoms with Gasteiger partial charge >= 0.3 is 0 Å². The molecule has 13 heavy (non-hydrogen) atoms. The lowest BCUT2D eigenvalue weighted by Crippen LogP contribution is -2.04. The zero-order chi connectivity index (χ0) is 9.84. The molecular formula is C11H17NO. The fourth-order valence-electron chi connectivity index (χ4n) is 1.60. The maximum Gasteiger partial charge on any atom is 0.122 e. The summed E-state index contributed by atoms with van der Waals surface area (Å²) in [6.45, 7) is 4.87. The molecule has 0 aliphatic carbocycles. The molecule has 1 aromatic carbocycles. The van der Waals surface area contributed by atoms with Crippen LogP contribution < -0.4 is 10.5 Å². The number of hydrogen-bond acceptors (Lipinski definition) is 2. The van der Waals surface area contributed by atoms with E-state index in [1.54, 1.807) is 7.11 Å². The van der Waals surface area contributed by atoms with Crippen LogP contribution in [0.3, 0.4) is 0 Å². The molecule has 0 aliphatic rings. The van der Waals surface area contributed by atoms with Crippen LogP contribution in [0.5, 0.6) is 5.75 Å². The molecule has 2 nitrogen and oxygen atoms in total. The molecule has 0 saturated carbocycles. The summed E-state index contributed by atoms with van der Waals surface area (Å²) >= 11 is 0. The zero-order valence-electron chi connectivity index (χ0n) is 8.50. The van der Waals surface area contributed by atoms with Crippen molar-refractivity contribution in [2.24, 2.45) is 5.73 Å². The highest BCUT2D eigenvalue weighted by Crippen LogP contribution is 2.29. The van der Waals surface area contributed by atoms with Gasteiger partial charge in [0.25, 0.3) is 0 Å². The molecule has 2 N–H and O–H groups in total. The number of ether oxygens (including phenoxy) is 1. The Bertz CT molecular complexity index is 259. The summed E-state index contributed by atoms with van der Waals surface area (Å²) in [5.41, 5.74) is 8.06. The normalized spacial score (nSPS) is 10.5. The van der Waals surface area contributed by atoms with Crippen LogP contribution in [0, 0.1) is 0 Å². The maximum absolute atomic E-state index is 5.66. The molecule has 0 unspecified atom stereocenters. The average molecular weight is 179 g/mol. The van der Waals surface area contributed by atoms with Crippen LogP contribution in [0.15, 0.2) is 18.2 Å². The Hall–Kier alpha value is -1.02. The summed E-state index contributed by atoms with van der Waals surface area (Å²) in [7, 11) is 1.70. The van der Waals surface area contributed by atoms with Gasteiger partial charge in [0.2, 0.25) is 0 Å². The first-order valence-electron chi connectivity index (χ1n) is 4.56. The summed E-state index contributed by atoms with van der Waals surface area (Å²) in [5, 5.41) is 0. The van der Waals surface area contributed by atoms with Gasteiger partial charge in [0.05, 0.1) is 7.11 Å². The molecule has 0 aromatic heterocycles. The van der Waals surface area contributed by atoms with E-state index in [2.05, 4.69) is 19.9 Å². The maximum atomic E-state index is 5.66. The first-order chi connectivity index (χ1) is 6.20. The number of hydrogen-bond donors (Lipinski definition) is 1. The van der Waals surface area contributed by atoms with E-state index in [0.29, 0.717) is 12.5 Å². The molecule has 0 heterocycles. The van der Waals surface area contributed by atoms with Crippen LogP contribution in [-0.4, -0.2) is 7.11 Å². The SMILES string of the molecule is COc1cccc(CN)c1C(C)C. The number of nitrogens with two attached hydrogens (primary N) is 1. The van der Waals surface area contributed by atoms with Gasteiger partial charge in [-0.1, -0.05) is 26.0 Å². The Morgan fingerprint density at radius 1 is 1.38 bits per heavy atom. The number of benzene rings is 1. The minimum atomic E-state index is 0.453. The highest BCUT2D eigenvalue weighted by atomic mass is 16.5. The third-order valence-electron chi connectivity index (χ3n) is 2.17. The van der Waals surface area contributed by atoms with Crippen molar-refractivity contribution in [3.05, 3.63) is 29.3 Å². The fraction of sp³-hybridized carbons (Fsp3) is 0.455. The zero-order valence-corrected chi connectivity index (χ0v) is 8.50. The van der Waals surface area contributed by atoms with Crippen LogP contribution in [0.2, 0.25) is 0 Å². The quantitative estimate of drug-likeness (QED) is 0.772. The second kappa shape index (κ2) is 4.28. The van der Waals surface area contributed by atoms with E-state index in [1.807, 2.05) is 12.1 Å². The molecule has 0 aliphatic heterocycles. The Morgan fingerprint density at radius 2 is 2.08 bits per heavy atom. The van der Waals surface area contributed by atoms with Gasteiger partial charge in [-0.05, 0) is 17.5 Å². The molecule has 0 atom stereocenters. The molecule has 1 aromatic rings. The van der Waals surface area contributed by atoms with E-state index >= 15 is 0 Å². The molecule has 0 amide bonds. The summed E-state index contributed by atoms with van der Waals surface area (Å²) in [5.74, 6) is 1.40. The minimum absolute atomic E-state index is 0.453. The predicted octanol–water partition coefficient (Wildman–Crippen LogP) is 2.28. The first-order valence-corrected chi connectivity index (χ1v) is 4.56. The number of methoxy groups -OCH3 is 1. The number of rotatable bonds is 3. The Labute approximate surface area is 79.7 Å². The van der Waals surface area contributed by atoms with Gasteiger partial charge in [-0.2, -0.15) is 0 Å². The van der Waals surface area contributed by atoms with Gasteiger partial charge in [0.1, 0.15) is 5.75 Å². The van der Waals surface area contributed by atoms with Crippen molar-refractivity contribution in [3.8, 4) is 5.75 Å². The molecule has 1 rings (SSSR count). The minimum Gasteiger partial charge on any atom is -0.496 e. The highest BCUT2D eigenvalue weighted by molar-refractivity contribution is 5.42. The van der Waals surface area contributed by atoms with Gasteiger partial charge in [-0.3, -0.25) is 0 Å². The van der Waals surface area contributed by atoms with E-state index in [-0.39, 0.29) is 0 Å². The summed E-state index contributed by atoms with van der Waals surface area (Å²) in [4.78, 5) is 0. The van der Waals surface area contributed by atoms with Gasteiger partial charge in [0.15, 0.2) is 0 Å². The van der Waals surface area contributed by atoms with E-state index < -0.39 is 0 Å². The van der Waals surface area contributed by atoms with E-state index in [4.69, 9.17) is 10.5 Å². The van der Waals surface area contributed by atoms with Crippen LogP contribution >= 0.6 is 0 Å². The Morgan fingerprint density at radius 3 is 2.54 bits per heavy atom. The summed E-state index contributed by atoms with van der Waals surface area (Å²) in [6, 6.07) is 6.01. The molecule has 72 valence electrons. The van der Waals surface area contributed by atoms with Crippen molar-refractivity contribution in [2.45, 2.75) is 26.3 Å². The Balaban J connectivity index is 3.21. The van der Waals surface area contributed by atoms with E-state index in [1.165, 1.54) is 11.1 Å². The standard InChI is InChI=1S/C11H17NO/c1-8(2)11-9(7-12)5-4-6-10(11)13-3/h4-6,8H,7,12H2,1-3H3. The molecule has 0 fully saturated rings. The van der Waals surface area contributed by atoms with Crippen molar-refractivity contribution in [1.82, 2.24) is 0 Å². The van der Waals surface area contributed by atoms with Gasteiger partial charge in [0, 0.05) is 12.1 Å². The van der Waals surface area contributed by atoms with Crippen LogP contribution in [-0.2, 0) is 6.54 Å². The van der Waals surface area contributed by atoms with Crippen molar-refractivity contribution < 1.29 is 4.74 Å². The fourth-order valence-corrected chi connectivity index (χ4v) is 1.60. The Kier molecular flexibility index (Phi) is 3.32. The molecule has 2 heteroatoms. The average Bonchev–Trinajstić information content (AvgIpc) is 2.16. The summed E-state index contributed by atoms with van der Waals surface area (Å²) < 4.78 is 5.29. The van der Waals surface area contributed by atoms with Crippen molar-refractivity contribution in [3.63, 3.8) is 0 Å². The third kappa shape index (κ3) is 2.01. The van der Waals surface area contributed by atoms with Gasteiger partial charge in [-0.25, -0.2) is 0 Å². The van der Waals surface area contributed by atoms with E-state index in [0.717, 1.165) is 5.75 Å². The van der Waals surface area contributed by atoms with Crippen LogP contribution in [0.4, 0.5) is 0 Å². The lowest BCUT2D eigenvalue weighted by molar-refractivity contribution is 0.406. The van der Waals surface area contributed by atoms with Crippen LogP contribution in [0.1, 0.15) is 30.9 Å². The second-order valence-electron chi connectivity index (χ2n) is 3.39. The van der Waals surface area contributed by atoms with Gasteiger partial charge in [-0.15, -0.1) is 0 Å². The molecule has 0 bridgehead atoms. The smallest absolute Gasteiger partial charge is 0.122 e. The largest absolute Gasteiger partial charge is 0.496 e. The van der Waals surface area contributed by atoms with Crippen molar-refractivity contribution in [1.29, 1.82) is 0 Å². The molecule has 0 radical (unpaired) electrons. The first kappa shape index (κ1) is 10.1. The van der Waals surface area contributed by atoms with Gasteiger partial charge < -0.3 is 10.5 Å². The second-order valence-corrected chi connectivity index (χ2v) is 3.39. The predicted molar refractivity (Wildman–Crippen MR) is 55.0 cm³/mol. The molecule has 0 spiro atoms. The van der Waals surface area contributed by atoms with Crippen molar-refractivity contribution >= 4 is 0 Å². The van der Waals surface area contributed by atoms with Crippen molar-refractivity contribution in [2.75, 3.05) is 7.11 Å². The summed E-state index contributed by atoms with van der Waals surface area (Å²) in [6.07, 6.45) is 0. The lowest BCUT2D eigenvalue weighted by atomic mass is 9.96.